The summed E-state index contributed by atoms with van der Waals surface area (Å²) in [5.41, 5.74) is 1.42. The van der Waals surface area contributed by atoms with E-state index in [0.717, 1.165) is 18.7 Å². The Hall–Kier alpha value is -1.44. The van der Waals surface area contributed by atoms with Gasteiger partial charge in [-0.15, -0.1) is 0 Å². The van der Waals surface area contributed by atoms with E-state index in [1.54, 1.807) is 6.07 Å². The Morgan fingerprint density at radius 1 is 1.29 bits per heavy atom. The molecule has 1 N–H and O–H groups in total. The van der Waals surface area contributed by atoms with Gasteiger partial charge in [-0.3, -0.25) is 4.90 Å². The fourth-order valence-electron chi connectivity index (χ4n) is 3.17. The summed E-state index contributed by atoms with van der Waals surface area (Å²) in [6.07, 6.45) is 6.23. The Morgan fingerprint density at radius 2 is 2.14 bits per heavy atom. The maximum Gasteiger partial charge on any atom is 0.123 e. The lowest BCUT2D eigenvalue weighted by molar-refractivity contribution is 0.208. The van der Waals surface area contributed by atoms with E-state index in [2.05, 4.69) is 16.3 Å². The maximum absolute atomic E-state index is 13.5. The lowest BCUT2D eigenvalue weighted by Crippen LogP contribution is -2.44. The minimum absolute atomic E-state index is 0.254. The number of benzene rings is 1. The van der Waals surface area contributed by atoms with Gasteiger partial charge in [0.2, 0.25) is 0 Å². The van der Waals surface area contributed by atoms with Gasteiger partial charge in [-0.2, -0.15) is 5.26 Å². The highest BCUT2D eigenvalue weighted by Crippen LogP contribution is 2.29. The van der Waals surface area contributed by atoms with Gasteiger partial charge in [-0.25, -0.2) is 4.39 Å². The van der Waals surface area contributed by atoms with Gasteiger partial charge in [0.15, 0.2) is 0 Å². The molecule has 2 fully saturated rings. The Bertz CT molecular complexity index is 527. The lowest BCUT2D eigenvalue weighted by Gasteiger charge is -2.31. The van der Waals surface area contributed by atoms with Crippen molar-refractivity contribution in [2.75, 3.05) is 13.1 Å². The van der Waals surface area contributed by atoms with E-state index in [1.807, 2.05) is 0 Å². The topological polar surface area (TPSA) is 39.1 Å². The molecule has 1 aliphatic heterocycles. The summed E-state index contributed by atoms with van der Waals surface area (Å²) in [5.74, 6) is -0.254. The van der Waals surface area contributed by atoms with Crippen molar-refractivity contribution in [1.29, 1.82) is 5.26 Å². The second-order valence-electron chi connectivity index (χ2n) is 6.22. The molecular formula is C17H22FN3. The zero-order chi connectivity index (χ0) is 14.7. The molecule has 1 unspecified atom stereocenters. The van der Waals surface area contributed by atoms with Gasteiger partial charge >= 0.3 is 0 Å². The molecule has 3 rings (SSSR count). The molecule has 1 saturated carbocycles. The summed E-state index contributed by atoms with van der Waals surface area (Å²) < 4.78 is 13.5. The van der Waals surface area contributed by atoms with Crippen LogP contribution in [0.15, 0.2) is 18.2 Å². The van der Waals surface area contributed by atoms with E-state index in [9.17, 15) is 9.65 Å². The molecule has 1 saturated heterocycles. The second-order valence-corrected chi connectivity index (χ2v) is 6.22. The Morgan fingerprint density at radius 3 is 2.81 bits per heavy atom. The SMILES string of the molecule is N#Cc1ccc(F)cc1CN(CC1CCCCN1)C1CC1. The van der Waals surface area contributed by atoms with E-state index in [4.69, 9.17) is 0 Å². The highest BCUT2D eigenvalue weighted by molar-refractivity contribution is 5.37. The van der Waals surface area contributed by atoms with Gasteiger partial charge in [0.05, 0.1) is 11.6 Å². The van der Waals surface area contributed by atoms with Gasteiger partial charge in [-0.1, -0.05) is 6.42 Å². The smallest absolute Gasteiger partial charge is 0.123 e. The van der Waals surface area contributed by atoms with Crippen LogP contribution in [0.25, 0.3) is 0 Å². The minimum Gasteiger partial charge on any atom is -0.313 e. The molecule has 1 aliphatic carbocycles. The molecule has 1 atom stereocenters. The molecule has 0 bridgehead atoms. The van der Waals surface area contributed by atoms with Crippen LogP contribution in [0.5, 0.6) is 0 Å². The first-order chi connectivity index (χ1) is 10.3. The van der Waals surface area contributed by atoms with Crippen LogP contribution in [0.3, 0.4) is 0 Å². The number of rotatable bonds is 5. The summed E-state index contributed by atoms with van der Waals surface area (Å²) in [4.78, 5) is 2.43. The molecule has 1 heterocycles. The van der Waals surface area contributed by atoms with Crippen LogP contribution in [0.4, 0.5) is 4.39 Å². The molecule has 0 spiro atoms. The minimum atomic E-state index is -0.254. The zero-order valence-corrected chi connectivity index (χ0v) is 12.3. The second kappa shape index (κ2) is 6.55. The number of hydrogen-bond donors (Lipinski definition) is 1. The van der Waals surface area contributed by atoms with Gasteiger partial charge in [0.25, 0.3) is 0 Å². The molecule has 4 heteroatoms. The third kappa shape index (κ3) is 3.81. The van der Waals surface area contributed by atoms with E-state index in [1.165, 1.54) is 44.2 Å². The molecule has 0 radical (unpaired) electrons. The summed E-state index contributed by atoms with van der Waals surface area (Å²) in [6.45, 7) is 2.79. The lowest BCUT2D eigenvalue weighted by atomic mass is 10.0. The number of piperidine rings is 1. The monoisotopic (exact) mass is 287 g/mol. The number of nitrogens with zero attached hydrogens (tertiary/aromatic N) is 2. The van der Waals surface area contributed by atoms with Crippen molar-refractivity contribution in [2.24, 2.45) is 0 Å². The summed E-state index contributed by atoms with van der Waals surface area (Å²) in [5, 5.41) is 12.8. The molecule has 21 heavy (non-hydrogen) atoms. The quantitative estimate of drug-likeness (QED) is 0.905. The molecule has 112 valence electrons. The first-order valence-electron chi connectivity index (χ1n) is 7.92. The van der Waals surface area contributed by atoms with Crippen molar-refractivity contribution < 1.29 is 4.39 Å². The van der Waals surface area contributed by atoms with Crippen molar-refractivity contribution in [2.45, 2.75) is 50.7 Å². The predicted octanol–water partition coefficient (Wildman–Crippen LogP) is 2.80. The van der Waals surface area contributed by atoms with Crippen molar-refractivity contribution in [1.82, 2.24) is 10.2 Å². The molecule has 3 nitrogen and oxygen atoms in total. The fraction of sp³-hybridized carbons (Fsp3) is 0.588. The average Bonchev–Trinajstić information content (AvgIpc) is 3.33. The van der Waals surface area contributed by atoms with Crippen LogP contribution in [-0.4, -0.2) is 30.1 Å². The van der Waals surface area contributed by atoms with Crippen molar-refractivity contribution in [3.05, 3.63) is 35.1 Å². The zero-order valence-electron chi connectivity index (χ0n) is 12.3. The normalized spacial score (nSPS) is 22.2. The third-order valence-corrected chi connectivity index (χ3v) is 4.49. The van der Waals surface area contributed by atoms with E-state index >= 15 is 0 Å². The van der Waals surface area contributed by atoms with E-state index < -0.39 is 0 Å². The van der Waals surface area contributed by atoms with Crippen LogP contribution in [-0.2, 0) is 6.54 Å². The summed E-state index contributed by atoms with van der Waals surface area (Å²) >= 11 is 0. The third-order valence-electron chi connectivity index (χ3n) is 4.49. The highest BCUT2D eigenvalue weighted by atomic mass is 19.1. The van der Waals surface area contributed by atoms with Gasteiger partial charge < -0.3 is 5.32 Å². The van der Waals surface area contributed by atoms with Crippen LogP contribution >= 0.6 is 0 Å². The highest BCUT2D eigenvalue weighted by Gasteiger charge is 2.31. The molecule has 1 aromatic carbocycles. The van der Waals surface area contributed by atoms with Crippen molar-refractivity contribution in [3.63, 3.8) is 0 Å². The molecule has 0 amide bonds. The van der Waals surface area contributed by atoms with Gasteiger partial charge in [0.1, 0.15) is 5.82 Å². The van der Waals surface area contributed by atoms with Crippen LogP contribution < -0.4 is 5.32 Å². The Labute approximate surface area is 125 Å². The fourth-order valence-corrected chi connectivity index (χ4v) is 3.17. The molecule has 2 aliphatic rings. The number of nitrogens with one attached hydrogen (secondary N) is 1. The number of hydrogen-bond acceptors (Lipinski definition) is 3. The van der Waals surface area contributed by atoms with Gasteiger partial charge in [0, 0.05) is 25.2 Å². The van der Waals surface area contributed by atoms with Crippen LogP contribution in [0.2, 0.25) is 0 Å². The van der Waals surface area contributed by atoms with Gasteiger partial charge in [-0.05, 0) is 56.0 Å². The Kier molecular flexibility index (Phi) is 4.52. The summed E-state index contributed by atoms with van der Waals surface area (Å²) in [7, 11) is 0. The van der Waals surface area contributed by atoms with Crippen LogP contribution in [0, 0.1) is 17.1 Å². The molecule has 0 aromatic heterocycles. The predicted molar refractivity (Wildman–Crippen MR) is 80.2 cm³/mol. The van der Waals surface area contributed by atoms with E-state index in [-0.39, 0.29) is 5.82 Å². The average molecular weight is 287 g/mol. The largest absolute Gasteiger partial charge is 0.313 e. The van der Waals surface area contributed by atoms with Crippen molar-refractivity contribution in [3.8, 4) is 6.07 Å². The van der Waals surface area contributed by atoms with E-state index in [0.29, 0.717) is 24.2 Å². The number of halogens is 1. The maximum atomic E-state index is 13.5. The molecule has 1 aromatic rings. The first-order valence-corrected chi connectivity index (χ1v) is 7.92. The van der Waals surface area contributed by atoms with Crippen LogP contribution in [0.1, 0.15) is 43.2 Å². The molecular weight excluding hydrogens is 265 g/mol. The number of nitriles is 1. The standard InChI is InChI=1S/C17H22FN3/c18-15-5-4-13(10-19)14(9-15)11-21(17-6-7-17)12-16-3-1-2-8-20-16/h4-5,9,16-17,20H,1-3,6-8,11-12H2. The Balaban J connectivity index is 1.70. The summed E-state index contributed by atoms with van der Waals surface area (Å²) in [6, 6.07) is 7.81. The van der Waals surface area contributed by atoms with Crippen molar-refractivity contribution >= 4 is 0 Å². The first kappa shape index (κ1) is 14.5.